The first-order valence-electron chi connectivity index (χ1n) is 12.5. The number of anilines is 1. The first kappa shape index (κ1) is 25.6. The predicted molar refractivity (Wildman–Crippen MR) is 136 cm³/mol. The van der Waals surface area contributed by atoms with E-state index in [-0.39, 0.29) is 41.3 Å². The second-order valence-corrected chi connectivity index (χ2v) is 9.34. The number of nitrogens with zero attached hydrogens (tertiary/aromatic N) is 5. The van der Waals surface area contributed by atoms with Crippen LogP contribution in [0.2, 0.25) is 0 Å². The molecule has 2 fully saturated rings. The van der Waals surface area contributed by atoms with Gasteiger partial charge in [0.25, 0.3) is 11.8 Å². The van der Waals surface area contributed by atoms with E-state index in [1.807, 2.05) is 18.2 Å². The number of nitrogen functional groups attached to an aromatic ring is 1. The molecule has 1 unspecified atom stereocenters. The van der Waals surface area contributed by atoms with Crippen LogP contribution in [0.15, 0.2) is 36.7 Å². The molecule has 5 rings (SSSR count). The van der Waals surface area contributed by atoms with Crippen molar-refractivity contribution in [2.75, 3.05) is 19.3 Å². The maximum atomic E-state index is 13.2. The zero-order chi connectivity index (χ0) is 26.8. The number of aromatic nitrogens is 4. The summed E-state index contributed by atoms with van der Waals surface area (Å²) < 4.78 is 7.03. The van der Waals surface area contributed by atoms with E-state index in [1.54, 1.807) is 17.0 Å². The Bertz CT molecular complexity index is 1390. The van der Waals surface area contributed by atoms with Crippen LogP contribution in [0.3, 0.4) is 0 Å². The number of carbonyl (C=O) groups excluding carboxylic acids is 2. The molecular formula is C26H29N7O5. The topological polar surface area (TPSA) is 169 Å². The normalized spacial score (nSPS) is 23.2. The molecule has 1 saturated heterocycles. The highest BCUT2D eigenvalue weighted by molar-refractivity contribution is 5.94. The highest BCUT2D eigenvalue weighted by Gasteiger charge is 2.47. The van der Waals surface area contributed by atoms with Gasteiger partial charge in [0.1, 0.15) is 17.7 Å². The van der Waals surface area contributed by atoms with Gasteiger partial charge in [-0.2, -0.15) is 0 Å². The number of hydrogen-bond donors (Lipinski definition) is 4. The van der Waals surface area contributed by atoms with Crippen molar-refractivity contribution in [3.05, 3.63) is 48.0 Å². The van der Waals surface area contributed by atoms with Crippen molar-refractivity contribution in [1.29, 1.82) is 0 Å². The number of fused-ring (bicyclic) bond motifs is 1. The third-order valence-corrected chi connectivity index (χ3v) is 6.96. The van der Waals surface area contributed by atoms with Crippen LogP contribution in [0.5, 0.6) is 0 Å². The molecular weight excluding hydrogens is 490 g/mol. The number of ether oxygens (including phenoxy) is 1. The van der Waals surface area contributed by atoms with Gasteiger partial charge in [0.05, 0.1) is 12.9 Å². The molecule has 1 aliphatic carbocycles. The minimum Gasteiger partial charge on any atom is -0.387 e. The first-order valence-corrected chi connectivity index (χ1v) is 12.5. The van der Waals surface area contributed by atoms with Crippen LogP contribution in [-0.4, -0.2) is 84.4 Å². The number of nitrogens with one attached hydrogen (secondary N) is 1. The van der Waals surface area contributed by atoms with Crippen LogP contribution in [0.1, 0.15) is 48.1 Å². The molecule has 2 amide bonds. The van der Waals surface area contributed by atoms with Crippen molar-refractivity contribution in [2.45, 2.75) is 56.3 Å². The largest absolute Gasteiger partial charge is 0.387 e. The number of aliphatic hydroxyl groups is 2. The molecule has 198 valence electrons. The monoisotopic (exact) mass is 519 g/mol. The van der Waals surface area contributed by atoms with Gasteiger partial charge in [-0.1, -0.05) is 37.0 Å². The number of hydrogen-bond acceptors (Lipinski definition) is 9. The van der Waals surface area contributed by atoms with Crippen LogP contribution < -0.4 is 11.1 Å². The van der Waals surface area contributed by atoms with E-state index in [2.05, 4.69) is 32.1 Å². The lowest BCUT2D eigenvalue weighted by atomic mass is 10.1. The van der Waals surface area contributed by atoms with Gasteiger partial charge in [0.2, 0.25) is 5.82 Å². The van der Waals surface area contributed by atoms with E-state index in [4.69, 9.17) is 10.5 Å². The lowest BCUT2D eigenvalue weighted by Crippen LogP contribution is -2.41. The fraction of sp³-hybridized carbons (Fsp3) is 0.423. The summed E-state index contributed by atoms with van der Waals surface area (Å²) >= 11 is 0. The van der Waals surface area contributed by atoms with Gasteiger partial charge in [-0.25, -0.2) is 15.0 Å². The zero-order valence-electron chi connectivity index (χ0n) is 20.8. The van der Waals surface area contributed by atoms with E-state index < -0.39 is 30.4 Å². The van der Waals surface area contributed by atoms with Crippen LogP contribution in [0.25, 0.3) is 11.2 Å². The smallest absolute Gasteiger partial charge is 0.254 e. The molecule has 0 bridgehead atoms. The maximum absolute atomic E-state index is 13.2. The van der Waals surface area contributed by atoms with Gasteiger partial charge in [-0.3, -0.25) is 14.2 Å². The van der Waals surface area contributed by atoms with Gasteiger partial charge in [-0.15, -0.1) is 0 Å². The summed E-state index contributed by atoms with van der Waals surface area (Å²) in [5.41, 5.74) is 7.20. The first-order chi connectivity index (χ1) is 18.4. The Kier molecular flexibility index (Phi) is 7.24. The Balaban J connectivity index is 1.41. The summed E-state index contributed by atoms with van der Waals surface area (Å²) in [6, 6.07) is 9.24. The van der Waals surface area contributed by atoms with Gasteiger partial charge < -0.3 is 30.9 Å². The molecule has 38 heavy (non-hydrogen) atoms. The molecule has 12 nitrogen and oxygen atoms in total. The quantitative estimate of drug-likeness (QED) is 0.344. The molecule has 1 saturated carbocycles. The third-order valence-electron chi connectivity index (χ3n) is 6.96. The van der Waals surface area contributed by atoms with E-state index in [0.29, 0.717) is 5.56 Å². The van der Waals surface area contributed by atoms with E-state index >= 15 is 0 Å². The van der Waals surface area contributed by atoms with Crippen molar-refractivity contribution in [3.63, 3.8) is 0 Å². The molecule has 12 heteroatoms. The van der Waals surface area contributed by atoms with Crippen molar-refractivity contribution >= 4 is 28.8 Å². The molecule has 1 aromatic carbocycles. The van der Waals surface area contributed by atoms with Crippen molar-refractivity contribution < 1.29 is 24.5 Å². The summed E-state index contributed by atoms with van der Waals surface area (Å²) in [7, 11) is 1.41. The highest BCUT2D eigenvalue weighted by atomic mass is 16.6. The van der Waals surface area contributed by atoms with Crippen LogP contribution in [0, 0.1) is 11.8 Å². The minimum absolute atomic E-state index is 0.0712. The van der Waals surface area contributed by atoms with Crippen LogP contribution in [0.4, 0.5) is 5.82 Å². The number of aliphatic hydroxyl groups excluding tert-OH is 2. The van der Waals surface area contributed by atoms with Gasteiger partial charge in [0, 0.05) is 18.7 Å². The molecule has 5 N–H and O–H groups in total. The van der Waals surface area contributed by atoms with Crippen molar-refractivity contribution in [1.82, 2.24) is 29.7 Å². The zero-order valence-corrected chi connectivity index (χ0v) is 20.8. The Labute approximate surface area is 218 Å². The number of carbonyl (C=O) groups is 2. The standard InChI is InChI=1S/C26H29N7O5/c1-28-24(36)21-19(34)20(35)26(38-21)33-14-29-18-22(27)30-17(31-23(18)33)12-7-13-32(16-10-5-6-11-16)25(37)15-8-3-2-4-9-15/h2-4,8-9,14,16,19-21,26,34-35H,5-6,10-11,13H2,1H3,(H,28,36)(H2,27,30,31)/t19-,20?,21-,26+/m0/s1. The Morgan fingerprint density at radius 3 is 2.63 bits per heavy atom. The highest BCUT2D eigenvalue weighted by Crippen LogP contribution is 2.32. The summed E-state index contributed by atoms with van der Waals surface area (Å²) in [5, 5.41) is 23.3. The number of imidazole rings is 1. The summed E-state index contributed by atoms with van der Waals surface area (Å²) in [6.45, 7) is 0.198. The second kappa shape index (κ2) is 10.7. The van der Waals surface area contributed by atoms with Crippen LogP contribution >= 0.6 is 0 Å². The average molecular weight is 520 g/mol. The van der Waals surface area contributed by atoms with Gasteiger partial charge >= 0.3 is 0 Å². The summed E-state index contributed by atoms with van der Waals surface area (Å²) in [5.74, 6) is 5.45. The molecule has 3 heterocycles. The van der Waals surface area contributed by atoms with E-state index in [0.717, 1.165) is 25.7 Å². The third kappa shape index (κ3) is 4.79. The summed E-state index contributed by atoms with van der Waals surface area (Å²) in [4.78, 5) is 39.9. The average Bonchev–Trinajstić information content (AvgIpc) is 3.67. The SMILES string of the molecule is CNC(=O)[C@H]1O[C@@H](n2cnc3c(N)nc(C#CCN(C(=O)c4ccccc4)C4CCCC4)nc32)C(O)[C@@H]1O. The number of benzene rings is 1. The lowest BCUT2D eigenvalue weighted by Gasteiger charge is -2.27. The second-order valence-electron chi connectivity index (χ2n) is 9.34. The Morgan fingerprint density at radius 2 is 1.92 bits per heavy atom. The van der Waals surface area contributed by atoms with E-state index in [9.17, 15) is 19.8 Å². The fourth-order valence-corrected chi connectivity index (χ4v) is 4.96. The van der Waals surface area contributed by atoms with Gasteiger partial charge in [0.15, 0.2) is 23.8 Å². The number of nitrogens with two attached hydrogens (primary N) is 1. The molecule has 3 aromatic rings. The molecule has 0 radical (unpaired) electrons. The molecule has 2 aromatic heterocycles. The molecule has 0 spiro atoms. The van der Waals surface area contributed by atoms with Gasteiger partial charge in [-0.05, 0) is 30.9 Å². The number of likely N-dealkylation sites (N-methyl/N-ethyl adjacent to an activating group) is 1. The summed E-state index contributed by atoms with van der Waals surface area (Å²) in [6.07, 6.45) is 0.101. The number of rotatable bonds is 5. The maximum Gasteiger partial charge on any atom is 0.254 e. The number of amides is 2. The molecule has 2 aliphatic rings. The molecule has 4 atom stereocenters. The van der Waals surface area contributed by atoms with Crippen molar-refractivity contribution in [2.24, 2.45) is 0 Å². The van der Waals surface area contributed by atoms with Crippen molar-refractivity contribution in [3.8, 4) is 11.8 Å². The minimum atomic E-state index is -1.44. The fourth-order valence-electron chi connectivity index (χ4n) is 4.96. The van der Waals surface area contributed by atoms with Crippen LogP contribution in [-0.2, 0) is 9.53 Å². The Morgan fingerprint density at radius 1 is 1.18 bits per heavy atom. The lowest BCUT2D eigenvalue weighted by molar-refractivity contribution is -0.137. The van der Waals surface area contributed by atoms with E-state index in [1.165, 1.54) is 17.9 Å². The molecule has 1 aliphatic heterocycles. The Hall–Kier alpha value is -4.05. The predicted octanol–water partition coefficient (Wildman–Crippen LogP) is 0.210.